The molecule has 0 amide bonds. The van der Waals surface area contributed by atoms with Crippen molar-refractivity contribution in [2.75, 3.05) is 0 Å². The summed E-state index contributed by atoms with van der Waals surface area (Å²) in [6.45, 7) is 3.90. The van der Waals surface area contributed by atoms with Gasteiger partial charge in [-0.05, 0) is 32.0 Å². The number of halogens is 3. The average molecular weight is 417 g/mol. The zero-order chi connectivity index (χ0) is 14.4. The van der Waals surface area contributed by atoms with Gasteiger partial charge in [0.15, 0.2) is 16.6 Å². The van der Waals surface area contributed by atoms with E-state index in [9.17, 15) is 0 Å². The Balaban J connectivity index is 2.37. The Morgan fingerprint density at radius 1 is 1.05 bits per heavy atom. The number of aromatic nitrogens is 4. The van der Waals surface area contributed by atoms with Gasteiger partial charge < -0.3 is 0 Å². The van der Waals surface area contributed by atoms with Crippen molar-refractivity contribution in [3.63, 3.8) is 0 Å². The molecule has 0 saturated carbocycles. The summed E-state index contributed by atoms with van der Waals surface area (Å²) >= 11 is 13.1. The zero-order valence-electron chi connectivity index (χ0n) is 10.7. The molecule has 0 bridgehead atoms. The minimum absolute atomic E-state index is 0.362. The SMILES string of the molecule is Cc1nc(Cl)c2nnc(-c3cc(Br)cc(Br)c3)n2c1C. The van der Waals surface area contributed by atoms with E-state index in [1.54, 1.807) is 0 Å². The van der Waals surface area contributed by atoms with Crippen molar-refractivity contribution in [3.05, 3.63) is 43.7 Å². The van der Waals surface area contributed by atoms with Crippen LogP contribution >= 0.6 is 43.5 Å². The van der Waals surface area contributed by atoms with Gasteiger partial charge in [-0.1, -0.05) is 43.5 Å². The van der Waals surface area contributed by atoms with Gasteiger partial charge in [0.25, 0.3) is 0 Å². The third-order valence-corrected chi connectivity index (χ3v) is 4.26. The largest absolute Gasteiger partial charge is 0.275 e. The number of fused-ring (bicyclic) bond motifs is 1. The quantitative estimate of drug-likeness (QED) is 0.583. The first-order chi connectivity index (χ1) is 9.47. The summed E-state index contributed by atoms with van der Waals surface area (Å²) < 4.78 is 3.86. The van der Waals surface area contributed by atoms with Crippen molar-refractivity contribution >= 4 is 49.1 Å². The van der Waals surface area contributed by atoms with Crippen molar-refractivity contribution in [3.8, 4) is 11.4 Å². The summed E-state index contributed by atoms with van der Waals surface area (Å²) in [5.74, 6) is 0.743. The van der Waals surface area contributed by atoms with E-state index in [1.165, 1.54) is 0 Å². The standard InChI is InChI=1S/C13H9Br2ClN4/c1-6-7(2)20-12(18-19-13(20)11(16)17-6)8-3-9(14)5-10(15)4-8/h3-5H,1-2H3. The van der Waals surface area contributed by atoms with Gasteiger partial charge in [-0.2, -0.15) is 0 Å². The summed E-state index contributed by atoms with van der Waals surface area (Å²) in [7, 11) is 0. The van der Waals surface area contributed by atoms with Crippen molar-refractivity contribution in [2.24, 2.45) is 0 Å². The second-order valence-corrected chi connectivity index (χ2v) is 6.60. The summed E-state index contributed by atoms with van der Waals surface area (Å²) in [4.78, 5) is 4.27. The first kappa shape index (κ1) is 14.0. The maximum atomic E-state index is 6.14. The molecule has 7 heteroatoms. The molecule has 0 saturated heterocycles. The minimum Gasteiger partial charge on any atom is -0.275 e. The molecule has 102 valence electrons. The van der Waals surface area contributed by atoms with Gasteiger partial charge in [0.05, 0.1) is 5.69 Å². The van der Waals surface area contributed by atoms with E-state index in [0.29, 0.717) is 10.8 Å². The number of rotatable bonds is 1. The van der Waals surface area contributed by atoms with Crippen molar-refractivity contribution in [2.45, 2.75) is 13.8 Å². The monoisotopic (exact) mass is 414 g/mol. The Labute approximate surface area is 137 Å². The molecule has 0 unspecified atom stereocenters. The van der Waals surface area contributed by atoms with Gasteiger partial charge in [-0.3, -0.25) is 4.40 Å². The van der Waals surface area contributed by atoms with Gasteiger partial charge in [-0.15, -0.1) is 10.2 Å². The van der Waals surface area contributed by atoms with Crippen LogP contribution in [0, 0.1) is 13.8 Å². The molecular formula is C13H9Br2ClN4. The van der Waals surface area contributed by atoms with E-state index in [4.69, 9.17) is 11.6 Å². The molecule has 2 heterocycles. The van der Waals surface area contributed by atoms with Crippen LogP contribution in [0.1, 0.15) is 11.4 Å². The Kier molecular flexibility index (Phi) is 3.56. The maximum absolute atomic E-state index is 6.14. The Bertz CT molecular complexity index is 809. The van der Waals surface area contributed by atoms with E-state index in [0.717, 1.165) is 31.7 Å². The first-order valence-corrected chi connectivity index (χ1v) is 7.78. The van der Waals surface area contributed by atoms with E-state index < -0.39 is 0 Å². The topological polar surface area (TPSA) is 43.1 Å². The molecule has 3 rings (SSSR count). The first-order valence-electron chi connectivity index (χ1n) is 5.81. The molecule has 0 N–H and O–H groups in total. The predicted octanol–water partition coefficient (Wildman–Crippen LogP) is 4.59. The smallest absolute Gasteiger partial charge is 0.199 e. The van der Waals surface area contributed by atoms with Crippen LogP contribution in [-0.2, 0) is 0 Å². The number of aryl methyl sites for hydroxylation is 2. The van der Waals surface area contributed by atoms with Gasteiger partial charge in [0, 0.05) is 20.2 Å². The zero-order valence-corrected chi connectivity index (χ0v) is 14.6. The van der Waals surface area contributed by atoms with Gasteiger partial charge >= 0.3 is 0 Å². The van der Waals surface area contributed by atoms with E-state index in [2.05, 4.69) is 47.0 Å². The van der Waals surface area contributed by atoms with Crippen LogP contribution in [0.15, 0.2) is 27.1 Å². The lowest BCUT2D eigenvalue weighted by Gasteiger charge is -2.08. The highest BCUT2D eigenvalue weighted by Gasteiger charge is 2.16. The highest BCUT2D eigenvalue weighted by molar-refractivity contribution is 9.11. The minimum atomic E-state index is 0.362. The molecule has 4 nitrogen and oxygen atoms in total. The maximum Gasteiger partial charge on any atom is 0.199 e. The summed E-state index contributed by atoms with van der Waals surface area (Å²) in [5.41, 5.74) is 3.35. The summed E-state index contributed by atoms with van der Waals surface area (Å²) in [6, 6.07) is 5.95. The van der Waals surface area contributed by atoms with Gasteiger partial charge in [0.2, 0.25) is 0 Å². The van der Waals surface area contributed by atoms with E-state index in [1.807, 2.05) is 36.4 Å². The molecule has 0 spiro atoms. The van der Waals surface area contributed by atoms with E-state index in [-0.39, 0.29) is 0 Å². The van der Waals surface area contributed by atoms with Crippen molar-refractivity contribution in [1.29, 1.82) is 0 Å². The van der Waals surface area contributed by atoms with Crippen molar-refractivity contribution in [1.82, 2.24) is 19.6 Å². The molecule has 0 atom stereocenters. The summed E-state index contributed by atoms with van der Waals surface area (Å²) in [5, 5.41) is 8.76. The van der Waals surface area contributed by atoms with E-state index >= 15 is 0 Å². The van der Waals surface area contributed by atoms with Crippen molar-refractivity contribution < 1.29 is 0 Å². The Morgan fingerprint density at radius 2 is 1.70 bits per heavy atom. The molecule has 0 radical (unpaired) electrons. The predicted molar refractivity (Wildman–Crippen MR) is 86.1 cm³/mol. The normalized spacial score (nSPS) is 11.2. The van der Waals surface area contributed by atoms with Crippen LogP contribution in [0.3, 0.4) is 0 Å². The van der Waals surface area contributed by atoms with Crippen LogP contribution in [0.5, 0.6) is 0 Å². The number of nitrogens with zero attached hydrogens (tertiary/aromatic N) is 4. The lowest BCUT2D eigenvalue weighted by molar-refractivity contribution is 1.000. The van der Waals surface area contributed by atoms with Crippen LogP contribution < -0.4 is 0 Å². The molecular weight excluding hydrogens is 407 g/mol. The molecule has 0 aliphatic heterocycles. The molecule has 0 aliphatic rings. The fourth-order valence-electron chi connectivity index (χ4n) is 2.05. The molecule has 3 aromatic rings. The molecule has 0 fully saturated rings. The average Bonchev–Trinajstić information content (AvgIpc) is 2.80. The third-order valence-electron chi connectivity index (χ3n) is 3.09. The van der Waals surface area contributed by atoms with Crippen LogP contribution in [0.4, 0.5) is 0 Å². The molecule has 20 heavy (non-hydrogen) atoms. The fourth-order valence-corrected chi connectivity index (χ4v) is 3.59. The molecule has 1 aromatic carbocycles. The molecule has 2 aromatic heterocycles. The molecule has 0 aliphatic carbocycles. The number of benzene rings is 1. The Hall–Kier alpha value is -0.980. The number of hydrogen-bond donors (Lipinski definition) is 0. The summed E-state index contributed by atoms with van der Waals surface area (Å²) in [6.07, 6.45) is 0. The van der Waals surface area contributed by atoms with Crippen LogP contribution in [0.2, 0.25) is 5.15 Å². The van der Waals surface area contributed by atoms with Crippen LogP contribution in [-0.4, -0.2) is 19.6 Å². The highest BCUT2D eigenvalue weighted by Crippen LogP contribution is 2.29. The highest BCUT2D eigenvalue weighted by atomic mass is 79.9. The Morgan fingerprint density at radius 3 is 2.35 bits per heavy atom. The lowest BCUT2D eigenvalue weighted by atomic mass is 10.2. The second-order valence-electron chi connectivity index (χ2n) is 4.41. The van der Waals surface area contributed by atoms with Gasteiger partial charge in [-0.25, -0.2) is 4.98 Å². The fraction of sp³-hybridized carbons (Fsp3) is 0.154. The van der Waals surface area contributed by atoms with Gasteiger partial charge in [0.1, 0.15) is 0 Å². The third kappa shape index (κ3) is 2.25. The van der Waals surface area contributed by atoms with Crippen LogP contribution in [0.25, 0.3) is 17.0 Å². The lowest BCUT2D eigenvalue weighted by Crippen LogP contribution is -2.01. The second kappa shape index (κ2) is 5.09. The number of hydrogen-bond acceptors (Lipinski definition) is 3.